The molecule has 7 atom stereocenters. The minimum absolute atomic E-state index is 0.0101. The lowest BCUT2D eigenvalue weighted by Crippen LogP contribution is -2.48. The summed E-state index contributed by atoms with van der Waals surface area (Å²) in [5, 5.41) is 0.670. The number of hydrogen-bond donors (Lipinski definition) is 1. The number of allylic oxidation sites excluding steroid dienone is 2. The molecule has 312 valence electrons. The van der Waals surface area contributed by atoms with Crippen LogP contribution in [0.15, 0.2) is 36.7 Å². The van der Waals surface area contributed by atoms with Crippen molar-refractivity contribution in [2.75, 3.05) is 6.54 Å². The number of ether oxygens (including phenoxy) is 2. The first-order valence-corrected chi connectivity index (χ1v) is 21.7. The number of aryl methyl sites for hydroxylation is 1. The molecule has 4 aliphatic rings. The number of hydrogen-bond acceptors (Lipinski definition) is 11. The highest BCUT2D eigenvalue weighted by Crippen LogP contribution is 2.58. The molecule has 1 saturated heterocycles. The maximum Gasteiger partial charge on any atom is 0.427 e. The number of Topliss-reactive ketones (excluding diaryl/α,β-unsaturated/α-hetero) is 1. The van der Waals surface area contributed by atoms with Gasteiger partial charge >= 0.3 is 12.1 Å². The molecule has 0 bridgehead atoms. The third kappa shape index (κ3) is 9.23. The van der Waals surface area contributed by atoms with Crippen molar-refractivity contribution in [1.29, 1.82) is 0 Å². The first-order valence-electron chi connectivity index (χ1n) is 19.4. The second-order valence-corrected chi connectivity index (χ2v) is 20.7. The molecule has 2 aliphatic carbocycles. The summed E-state index contributed by atoms with van der Waals surface area (Å²) in [5.74, 6) is -4.68. The number of halogens is 3. The first-order chi connectivity index (χ1) is 26.5. The van der Waals surface area contributed by atoms with Gasteiger partial charge in [0, 0.05) is 36.2 Å². The van der Waals surface area contributed by atoms with E-state index in [-0.39, 0.29) is 31.7 Å². The van der Waals surface area contributed by atoms with Crippen molar-refractivity contribution in [3.8, 4) is 16.5 Å². The molecule has 0 radical (unpaired) electrons. The minimum Gasteiger partial charge on any atom is -0.488 e. The monoisotopic (exact) mass is 836 g/mol. The quantitative estimate of drug-likeness (QED) is 0.212. The molecule has 2 saturated carbocycles. The number of sulfonamides is 1. The van der Waals surface area contributed by atoms with E-state index in [4.69, 9.17) is 9.47 Å². The Morgan fingerprint density at radius 3 is 2.49 bits per heavy atom. The van der Waals surface area contributed by atoms with Gasteiger partial charge in [-0.1, -0.05) is 26.0 Å². The molecule has 2 aromatic rings. The molecule has 0 aromatic carbocycles. The highest BCUT2D eigenvalue weighted by Gasteiger charge is 2.63. The van der Waals surface area contributed by atoms with Crippen LogP contribution in [-0.4, -0.2) is 82.1 Å². The Kier molecular flexibility index (Phi) is 11.8. The molecular weight excluding hydrogens is 786 g/mol. The Bertz CT molecular complexity index is 2030. The summed E-state index contributed by atoms with van der Waals surface area (Å²) < 4.78 is 80.1. The number of rotatable bonds is 9. The molecule has 17 heteroatoms. The van der Waals surface area contributed by atoms with Crippen LogP contribution in [0, 0.1) is 36.0 Å². The van der Waals surface area contributed by atoms with Crippen LogP contribution in [0.2, 0.25) is 0 Å². The van der Waals surface area contributed by atoms with Crippen molar-refractivity contribution >= 4 is 44.9 Å². The van der Waals surface area contributed by atoms with Crippen LogP contribution in [0.4, 0.5) is 13.2 Å². The smallest absolute Gasteiger partial charge is 0.427 e. The first kappa shape index (κ1) is 42.7. The summed E-state index contributed by atoms with van der Waals surface area (Å²) in [6.45, 7) is 8.62. The van der Waals surface area contributed by atoms with Gasteiger partial charge < -0.3 is 14.4 Å². The number of amides is 2. The number of carbonyl (C=O) groups excluding carboxylic acids is 4. The fourth-order valence-corrected chi connectivity index (χ4v) is 9.98. The molecular formula is C40H51F3N4O8S2. The number of aromatic nitrogens is 2. The zero-order valence-corrected chi connectivity index (χ0v) is 34.7. The number of alkyl halides is 3. The Morgan fingerprint density at radius 1 is 1.12 bits per heavy atom. The summed E-state index contributed by atoms with van der Waals surface area (Å²) in [5.41, 5.74) is -3.61. The fourth-order valence-electron chi connectivity index (χ4n) is 7.92. The predicted octanol–water partition coefficient (Wildman–Crippen LogP) is 6.73. The lowest BCUT2D eigenvalue weighted by molar-refractivity contribution is -0.257. The SMILES string of the molecule is Cc1cnc(-c2cc(O[C@@H]3C[C@H]4C(=O)C[C@]5(C(=O)NS(=O)(=O)C6(C)CC6)C[C@H]5/C=C\CC[C@@H](C)C[C@@H](C)[C@H](CC(=O)OC(C)(C)C(F)(F)F)C(=O)N4C3)ccn2)s1. The number of carbonyl (C=O) groups is 4. The normalized spacial score (nSPS) is 29.9. The predicted molar refractivity (Wildman–Crippen MR) is 205 cm³/mol. The molecule has 4 heterocycles. The van der Waals surface area contributed by atoms with Crippen molar-refractivity contribution < 1.29 is 50.2 Å². The number of ketones is 1. The van der Waals surface area contributed by atoms with E-state index in [0.29, 0.717) is 48.6 Å². The third-order valence-corrected chi connectivity index (χ3v) is 15.2. The molecule has 12 nitrogen and oxygen atoms in total. The highest BCUT2D eigenvalue weighted by molar-refractivity contribution is 7.91. The van der Waals surface area contributed by atoms with Crippen molar-refractivity contribution in [2.45, 2.75) is 128 Å². The molecule has 1 N–H and O–H groups in total. The maximum atomic E-state index is 14.8. The van der Waals surface area contributed by atoms with Gasteiger partial charge in [-0.2, -0.15) is 13.2 Å². The van der Waals surface area contributed by atoms with Gasteiger partial charge in [-0.05, 0) is 90.0 Å². The standard InChI is InChI=1S/C40H51F3N4O8S2/c1-23-9-7-8-10-26-19-39(26,36(51)46-57(52,53)38(6)12-13-38)20-32(48)31-17-28(54-27-11-14-44-30(16-27)34-45-21-25(3)56-34)22-47(31)35(50)29(24(2)15-23)18-33(49)55-37(4,5)40(41,42)43/h8,10-11,14,16,21,23-24,26,28-29,31H,7,9,12-13,15,17-20,22H2,1-6H3,(H,46,51)/b10-8-/t23-,24-,26-,28-,29+,31+,39-/m1/s1. The summed E-state index contributed by atoms with van der Waals surface area (Å²) >= 11 is 1.45. The number of fused-ring (bicyclic) bond motifs is 2. The number of pyridine rings is 1. The number of thiazole rings is 1. The molecule has 2 amide bonds. The Balaban J connectivity index is 1.33. The zero-order valence-electron chi connectivity index (χ0n) is 33.1. The largest absolute Gasteiger partial charge is 0.488 e. The maximum absolute atomic E-state index is 14.8. The lowest BCUT2D eigenvalue weighted by atomic mass is 9.82. The third-order valence-electron chi connectivity index (χ3n) is 12.1. The lowest BCUT2D eigenvalue weighted by Gasteiger charge is -2.33. The molecule has 57 heavy (non-hydrogen) atoms. The molecule has 0 spiro atoms. The Hall–Kier alpha value is -3.86. The van der Waals surface area contributed by atoms with Crippen LogP contribution in [0.1, 0.15) is 97.3 Å². The molecule has 2 aromatic heterocycles. The van der Waals surface area contributed by atoms with Crippen molar-refractivity contribution in [3.63, 3.8) is 0 Å². The summed E-state index contributed by atoms with van der Waals surface area (Å²) in [6.07, 6.45) is 3.24. The van der Waals surface area contributed by atoms with E-state index in [1.165, 1.54) is 16.2 Å². The van der Waals surface area contributed by atoms with Crippen LogP contribution >= 0.6 is 11.3 Å². The van der Waals surface area contributed by atoms with Crippen molar-refractivity contribution in [1.82, 2.24) is 19.6 Å². The summed E-state index contributed by atoms with van der Waals surface area (Å²) in [6, 6.07) is 2.19. The van der Waals surface area contributed by atoms with E-state index in [9.17, 15) is 40.8 Å². The molecule has 0 unspecified atom stereocenters. The van der Waals surface area contributed by atoms with E-state index in [2.05, 4.69) is 14.7 Å². The van der Waals surface area contributed by atoms with Crippen LogP contribution in [0.25, 0.3) is 10.7 Å². The average molecular weight is 837 g/mol. The van der Waals surface area contributed by atoms with Gasteiger partial charge in [-0.3, -0.25) is 28.9 Å². The average Bonchev–Trinajstić information content (AvgIpc) is 3.92. The zero-order chi connectivity index (χ0) is 41.7. The van der Waals surface area contributed by atoms with Gasteiger partial charge in [-0.15, -0.1) is 11.3 Å². The van der Waals surface area contributed by atoms with E-state index < -0.39 is 91.8 Å². The summed E-state index contributed by atoms with van der Waals surface area (Å²) in [7, 11) is -4.02. The van der Waals surface area contributed by atoms with E-state index in [1.54, 1.807) is 38.4 Å². The van der Waals surface area contributed by atoms with E-state index in [0.717, 1.165) is 18.7 Å². The highest BCUT2D eigenvalue weighted by atomic mass is 32.2. The topological polar surface area (TPSA) is 162 Å². The summed E-state index contributed by atoms with van der Waals surface area (Å²) in [4.78, 5) is 67.6. The Labute approximate surface area is 335 Å². The van der Waals surface area contributed by atoms with Gasteiger partial charge in [0.2, 0.25) is 27.4 Å². The molecule has 3 fully saturated rings. The minimum atomic E-state index is -4.86. The van der Waals surface area contributed by atoms with Crippen molar-refractivity contribution in [3.05, 3.63) is 41.6 Å². The van der Waals surface area contributed by atoms with E-state index >= 15 is 0 Å². The fraction of sp³-hybridized carbons (Fsp3) is 0.650. The van der Waals surface area contributed by atoms with Gasteiger partial charge in [0.1, 0.15) is 22.6 Å². The van der Waals surface area contributed by atoms with Crippen LogP contribution < -0.4 is 9.46 Å². The van der Waals surface area contributed by atoms with Crippen molar-refractivity contribution in [2.24, 2.45) is 29.1 Å². The number of nitrogens with zero attached hydrogens (tertiary/aromatic N) is 3. The molecule has 2 aliphatic heterocycles. The second-order valence-electron chi connectivity index (χ2n) is 17.2. The van der Waals surface area contributed by atoms with Gasteiger partial charge in [0.15, 0.2) is 5.78 Å². The Morgan fingerprint density at radius 2 is 1.84 bits per heavy atom. The second kappa shape index (κ2) is 15.7. The van der Waals surface area contributed by atoms with Crippen LogP contribution in [0.3, 0.4) is 0 Å². The van der Waals surface area contributed by atoms with E-state index in [1.807, 2.05) is 26.0 Å². The van der Waals surface area contributed by atoms with Gasteiger partial charge in [0.05, 0.1) is 35.1 Å². The van der Waals surface area contributed by atoms with Gasteiger partial charge in [0.25, 0.3) is 0 Å². The van der Waals surface area contributed by atoms with Crippen LogP contribution in [-0.2, 0) is 33.9 Å². The molecule has 6 rings (SSSR count). The van der Waals surface area contributed by atoms with Gasteiger partial charge in [-0.25, -0.2) is 13.4 Å². The van der Waals surface area contributed by atoms with Crippen LogP contribution in [0.5, 0.6) is 5.75 Å². The number of esters is 1. The number of nitrogens with one attached hydrogen (secondary N) is 1.